The van der Waals surface area contributed by atoms with Crippen molar-refractivity contribution in [3.63, 3.8) is 0 Å². The van der Waals surface area contributed by atoms with E-state index in [1.165, 1.54) is 12.8 Å². The van der Waals surface area contributed by atoms with E-state index >= 15 is 0 Å². The lowest BCUT2D eigenvalue weighted by atomic mass is 10.0. The molecule has 0 bridgehead atoms. The first kappa shape index (κ1) is 15.0. The van der Waals surface area contributed by atoms with Crippen molar-refractivity contribution >= 4 is 0 Å². The number of nitrogens with zero attached hydrogens (tertiary/aromatic N) is 2. The first-order chi connectivity index (χ1) is 10.3. The molecule has 2 heterocycles. The summed E-state index contributed by atoms with van der Waals surface area (Å²) in [5, 5.41) is 9.04. The molecule has 2 aromatic rings. The van der Waals surface area contributed by atoms with Crippen molar-refractivity contribution in [3.05, 3.63) is 52.1 Å². The minimum absolute atomic E-state index is 0.132. The summed E-state index contributed by atoms with van der Waals surface area (Å²) in [5.41, 5.74) is 2.32. The van der Waals surface area contributed by atoms with Crippen LogP contribution < -0.4 is 5.56 Å². The predicted octanol–water partition coefficient (Wildman–Crippen LogP) is 3.43. The average Bonchev–Trinajstić information content (AvgIpc) is 2.52. The Morgan fingerprint density at radius 3 is 2.81 bits per heavy atom. The molecule has 0 aliphatic rings. The summed E-state index contributed by atoms with van der Waals surface area (Å²) in [7, 11) is 0. The molecule has 1 N–H and O–H groups in total. The third-order valence-electron chi connectivity index (χ3n) is 3.46. The Morgan fingerprint density at radius 1 is 1.29 bits per heavy atom. The van der Waals surface area contributed by atoms with Crippen LogP contribution in [0.25, 0.3) is 11.3 Å². The van der Waals surface area contributed by atoms with E-state index < -0.39 is 0 Å². The minimum Gasteiger partial charge on any atom is -0.324 e. The summed E-state index contributed by atoms with van der Waals surface area (Å²) < 4.78 is 0. The van der Waals surface area contributed by atoms with Gasteiger partial charge in [-0.2, -0.15) is 5.26 Å². The topological polar surface area (TPSA) is 69.5 Å². The molecule has 21 heavy (non-hydrogen) atoms. The molecular formula is C17H19N3O. The van der Waals surface area contributed by atoms with Crippen LogP contribution in [-0.4, -0.2) is 9.97 Å². The van der Waals surface area contributed by atoms with Gasteiger partial charge in [-0.25, -0.2) is 0 Å². The second-order valence-corrected chi connectivity index (χ2v) is 5.04. The van der Waals surface area contributed by atoms with Crippen molar-refractivity contribution in [2.24, 2.45) is 0 Å². The molecule has 0 saturated heterocycles. The smallest absolute Gasteiger partial charge is 0.266 e. The van der Waals surface area contributed by atoms with Gasteiger partial charge in [0.25, 0.3) is 5.56 Å². The Labute approximate surface area is 124 Å². The molecule has 0 saturated carbocycles. The van der Waals surface area contributed by atoms with Crippen LogP contribution in [0.4, 0.5) is 0 Å². The fourth-order valence-electron chi connectivity index (χ4n) is 2.33. The fourth-order valence-corrected chi connectivity index (χ4v) is 2.33. The minimum atomic E-state index is -0.317. The van der Waals surface area contributed by atoms with Gasteiger partial charge in [0.1, 0.15) is 11.6 Å². The molecule has 2 aromatic heterocycles. The zero-order valence-corrected chi connectivity index (χ0v) is 12.2. The number of hydrogen-bond acceptors (Lipinski definition) is 3. The van der Waals surface area contributed by atoms with Crippen molar-refractivity contribution in [1.82, 2.24) is 9.97 Å². The molecule has 0 aromatic carbocycles. The Kier molecular flexibility index (Phi) is 5.28. The maximum absolute atomic E-state index is 11.8. The molecule has 0 radical (unpaired) electrons. The summed E-state index contributed by atoms with van der Waals surface area (Å²) >= 11 is 0. The predicted molar refractivity (Wildman–Crippen MR) is 82.9 cm³/mol. The Morgan fingerprint density at radius 2 is 2.14 bits per heavy atom. The highest BCUT2D eigenvalue weighted by Crippen LogP contribution is 2.21. The van der Waals surface area contributed by atoms with Crippen LogP contribution >= 0.6 is 0 Å². The molecule has 0 atom stereocenters. The van der Waals surface area contributed by atoms with Gasteiger partial charge in [0.05, 0.1) is 5.69 Å². The SMILES string of the molecule is CCCCCCc1[nH]c(=O)c(C#N)cc1-c1ccccn1. The van der Waals surface area contributed by atoms with Gasteiger partial charge in [-0.3, -0.25) is 9.78 Å². The van der Waals surface area contributed by atoms with Crippen molar-refractivity contribution in [1.29, 1.82) is 5.26 Å². The number of unbranched alkanes of at least 4 members (excludes halogenated alkanes) is 3. The van der Waals surface area contributed by atoms with E-state index in [1.807, 2.05) is 24.3 Å². The highest BCUT2D eigenvalue weighted by molar-refractivity contribution is 5.63. The number of nitriles is 1. The van der Waals surface area contributed by atoms with Crippen LogP contribution in [0.15, 0.2) is 35.3 Å². The summed E-state index contributed by atoms with van der Waals surface area (Å²) in [5.74, 6) is 0. The van der Waals surface area contributed by atoms with E-state index in [9.17, 15) is 4.79 Å². The summed E-state index contributed by atoms with van der Waals surface area (Å²) in [6.07, 6.45) is 7.05. The summed E-state index contributed by atoms with van der Waals surface area (Å²) in [6, 6.07) is 9.23. The van der Waals surface area contributed by atoms with E-state index in [-0.39, 0.29) is 11.1 Å². The molecular weight excluding hydrogens is 262 g/mol. The van der Waals surface area contributed by atoms with Gasteiger partial charge in [-0.15, -0.1) is 0 Å². The van der Waals surface area contributed by atoms with Crippen molar-refractivity contribution in [2.45, 2.75) is 39.0 Å². The number of aromatic nitrogens is 2. The molecule has 0 amide bonds. The van der Waals surface area contributed by atoms with Gasteiger partial charge in [-0.05, 0) is 31.0 Å². The number of hydrogen-bond donors (Lipinski definition) is 1. The zero-order chi connectivity index (χ0) is 15.1. The van der Waals surface area contributed by atoms with E-state index in [0.29, 0.717) is 0 Å². The maximum atomic E-state index is 11.8. The largest absolute Gasteiger partial charge is 0.324 e. The quantitative estimate of drug-likeness (QED) is 0.825. The summed E-state index contributed by atoms with van der Waals surface area (Å²) in [4.78, 5) is 19.0. The molecule has 0 fully saturated rings. The zero-order valence-electron chi connectivity index (χ0n) is 12.2. The van der Waals surface area contributed by atoms with Gasteiger partial charge in [0.15, 0.2) is 0 Å². The lowest BCUT2D eigenvalue weighted by Gasteiger charge is -2.09. The van der Waals surface area contributed by atoms with E-state index in [0.717, 1.165) is 36.2 Å². The number of pyridine rings is 2. The van der Waals surface area contributed by atoms with Gasteiger partial charge < -0.3 is 4.98 Å². The Balaban J connectivity index is 2.36. The van der Waals surface area contributed by atoms with Gasteiger partial charge in [0, 0.05) is 17.5 Å². The van der Waals surface area contributed by atoms with Crippen LogP contribution in [-0.2, 0) is 6.42 Å². The highest BCUT2D eigenvalue weighted by atomic mass is 16.1. The monoisotopic (exact) mass is 281 g/mol. The fraction of sp³-hybridized carbons (Fsp3) is 0.353. The first-order valence-corrected chi connectivity index (χ1v) is 7.34. The average molecular weight is 281 g/mol. The number of nitrogens with one attached hydrogen (secondary N) is 1. The third kappa shape index (κ3) is 3.79. The molecule has 0 aliphatic carbocycles. The van der Waals surface area contributed by atoms with Gasteiger partial charge in [0.2, 0.25) is 0 Å². The normalized spacial score (nSPS) is 10.3. The molecule has 0 aliphatic heterocycles. The molecule has 108 valence electrons. The second-order valence-electron chi connectivity index (χ2n) is 5.04. The van der Waals surface area contributed by atoms with E-state index in [4.69, 9.17) is 5.26 Å². The third-order valence-corrected chi connectivity index (χ3v) is 3.46. The molecule has 0 unspecified atom stereocenters. The molecule has 4 heteroatoms. The van der Waals surface area contributed by atoms with E-state index in [1.54, 1.807) is 12.3 Å². The lowest BCUT2D eigenvalue weighted by Crippen LogP contribution is -2.14. The first-order valence-electron chi connectivity index (χ1n) is 7.34. The molecule has 2 rings (SSSR count). The number of aryl methyl sites for hydroxylation is 1. The number of H-pyrrole nitrogens is 1. The summed E-state index contributed by atoms with van der Waals surface area (Å²) in [6.45, 7) is 2.17. The Hall–Kier alpha value is -2.41. The number of aromatic amines is 1. The van der Waals surface area contributed by atoms with Crippen LogP contribution in [0.3, 0.4) is 0 Å². The number of rotatable bonds is 6. The van der Waals surface area contributed by atoms with Crippen molar-refractivity contribution in [3.8, 4) is 17.3 Å². The molecule has 0 spiro atoms. The van der Waals surface area contributed by atoms with Crippen LogP contribution in [0.2, 0.25) is 0 Å². The lowest BCUT2D eigenvalue weighted by molar-refractivity contribution is 0.660. The van der Waals surface area contributed by atoms with Crippen LogP contribution in [0.1, 0.15) is 43.9 Å². The van der Waals surface area contributed by atoms with Gasteiger partial charge in [-0.1, -0.05) is 32.3 Å². The van der Waals surface area contributed by atoms with Crippen molar-refractivity contribution < 1.29 is 0 Å². The van der Waals surface area contributed by atoms with Crippen LogP contribution in [0.5, 0.6) is 0 Å². The van der Waals surface area contributed by atoms with Crippen LogP contribution in [0, 0.1) is 11.3 Å². The van der Waals surface area contributed by atoms with Crippen molar-refractivity contribution in [2.75, 3.05) is 0 Å². The Bertz CT molecular complexity index is 683. The van der Waals surface area contributed by atoms with Gasteiger partial charge >= 0.3 is 0 Å². The second kappa shape index (κ2) is 7.39. The standard InChI is InChI=1S/C17H19N3O/c1-2-3-4-5-9-16-14(15-8-6-7-10-19-15)11-13(12-18)17(21)20-16/h6-8,10-11H,2-5,9H2,1H3,(H,20,21). The maximum Gasteiger partial charge on any atom is 0.266 e. The molecule has 4 nitrogen and oxygen atoms in total. The highest BCUT2D eigenvalue weighted by Gasteiger charge is 2.11. The van der Waals surface area contributed by atoms with E-state index in [2.05, 4.69) is 16.9 Å².